The van der Waals surface area contributed by atoms with Gasteiger partial charge in [0.15, 0.2) is 0 Å². The first kappa shape index (κ1) is 22.7. The molecule has 0 saturated carbocycles. The molecule has 0 fully saturated rings. The molecule has 2 aromatic carbocycles. The summed E-state index contributed by atoms with van der Waals surface area (Å²) in [4.78, 5) is 12.8. The van der Waals surface area contributed by atoms with Crippen molar-refractivity contribution in [2.24, 2.45) is 0 Å². The van der Waals surface area contributed by atoms with Crippen LogP contribution in [0.5, 0.6) is 5.75 Å². The fourth-order valence-electron chi connectivity index (χ4n) is 3.20. The molecular weight excluding hydrogens is 388 g/mol. The summed E-state index contributed by atoms with van der Waals surface area (Å²) >= 11 is 0. The van der Waals surface area contributed by atoms with Crippen LogP contribution < -0.4 is 14.4 Å². The molecule has 158 valence electrons. The van der Waals surface area contributed by atoms with Crippen molar-refractivity contribution < 1.29 is 17.9 Å². The number of carbonyl (C=O) groups excluding carboxylic acids is 1. The lowest BCUT2D eigenvalue weighted by Crippen LogP contribution is -2.28. The van der Waals surface area contributed by atoms with Crippen LogP contribution >= 0.6 is 0 Å². The normalized spacial score (nSPS) is 12.6. The number of carbonyl (C=O) groups is 1. The molecule has 29 heavy (non-hydrogen) atoms. The number of rotatable bonds is 7. The van der Waals surface area contributed by atoms with E-state index in [1.807, 2.05) is 19.9 Å². The van der Waals surface area contributed by atoms with Crippen LogP contribution in [-0.4, -0.2) is 34.7 Å². The summed E-state index contributed by atoms with van der Waals surface area (Å²) in [7, 11) is -0.280. The Kier molecular flexibility index (Phi) is 6.95. The Morgan fingerprint density at radius 3 is 2.31 bits per heavy atom. The first-order valence-corrected chi connectivity index (χ1v) is 11.3. The highest BCUT2D eigenvalue weighted by Crippen LogP contribution is 2.32. The van der Waals surface area contributed by atoms with Crippen LogP contribution in [0.3, 0.4) is 0 Å². The fraction of sp³-hybridized carbons (Fsp3) is 0.409. The molecular formula is C22H30N2O4S. The van der Waals surface area contributed by atoms with E-state index in [0.29, 0.717) is 11.3 Å². The second-order valence-electron chi connectivity index (χ2n) is 7.58. The minimum absolute atomic E-state index is 0.220. The zero-order chi connectivity index (χ0) is 21.9. The molecule has 0 heterocycles. The molecule has 0 bridgehead atoms. The van der Waals surface area contributed by atoms with Crippen molar-refractivity contribution in [3.8, 4) is 5.75 Å². The maximum atomic E-state index is 12.8. The van der Waals surface area contributed by atoms with Crippen molar-refractivity contribution in [1.29, 1.82) is 0 Å². The van der Waals surface area contributed by atoms with Crippen molar-refractivity contribution in [3.05, 3.63) is 58.7 Å². The quantitative estimate of drug-likeness (QED) is 0.737. The van der Waals surface area contributed by atoms with E-state index in [1.165, 1.54) is 7.05 Å². The number of aryl methyl sites for hydroxylation is 1. The molecule has 7 heteroatoms. The zero-order valence-corrected chi connectivity index (χ0v) is 18.9. The predicted molar refractivity (Wildman–Crippen MR) is 117 cm³/mol. The number of anilines is 1. The van der Waals surface area contributed by atoms with Gasteiger partial charge in [-0.05, 0) is 66.8 Å². The minimum atomic E-state index is -3.40. The molecule has 0 aliphatic carbocycles. The number of amides is 1. The van der Waals surface area contributed by atoms with Crippen molar-refractivity contribution >= 4 is 21.6 Å². The maximum absolute atomic E-state index is 12.8. The second-order valence-corrected chi connectivity index (χ2v) is 9.60. The van der Waals surface area contributed by atoms with Gasteiger partial charge in [0, 0.05) is 12.6 Å². The topological polar surface area (TPSA) is 75.7 Å². The molecule has 0 saturated heterocycles. The third-order valence-corrected chi connectivity index (χ3v) is 6.23. The summed E-state index contributed by atoms with van der Waals surface area (Å²) in [6, 6.07) is 10.4. The molecule has 2 aromatic rings. The van der Waals surface area contributed by atoms with E-state index >= 15 is 0 Å². The molecule has 1 unspecified atom stereocenters. The Morgan fingerprint density at radius 2 is 1.76 bits per heavy atom. The smallest absolute Gasteiger partial charge is 0.251 e. The number of sulfonamides is 1. The standard InChI is InChI=1S/C22H30N2O4S/c1-14(2)19-13-20(15(3)11-21(19)28-6)16(4)23-22(25)17-9-8-10-18(12-17)24(5)29(7,26)27/h8-14,16H,1-7H3,(H,23,25). The minimum Gasteiger partial charge on any atom is -0.496 e. The highest BCUT2D eigenvalue weighted by atomic mass is 32.2. The van der Waals surface area contributed by atoms with Crippen molar-refractivity contribution in [1.82, 2.24) is 5.32 Å². The molecule has 1 atom stereocenters. The lowest BCUT2D eigenvalue weighted by molar-refractivity contribution is 0.0940. The first-order valence-electron chi connectivity index (χ1n) is 9.49. The third kappa shape index (κ3) is 5.29. The van der Waals surface area contributed by atoms with E-state index < -0.39 is 10.0 Å². The Morgan fingerprint density at radius 1 is 1.10 bits per heavy atom. The molecule has 0 aromatic heterocycles. The molecule has 6 nitrogen and oxygen atoms in total. The Balaban J connectivity index is 2.29. The SMILES string of the molecule is COc1cc(C)c(C(C)NC(=O)c2cccc(N(C)S(C)(=O)=O)c2)cc1C(C)C. The van der Waals surface area contributed by atoms with Gasteiger partial charge in [0.1, 0.15) is 5.75 Å². The van der Waals surface area contributed by atoms with Gasteiger partial charge in [-0.15, -0.1) is 0 Å². The number of methoxy groups -OCH3 is 1. The molecule has 2 rings (SSSR count). The number of nitrogens with zero attached hydrogens (tertiary/aromatic N) is 1. The molecule has 0 radical (unpaired) electrons. The van der Waals surface area contributed by atoms with Gasteiger partial charge in [0.2, 0.25) is 10.0 Å². The average molecular weight is 419 g/mol. The third-order valence-electron chi connectivity index (χ3n) is 5.02. The van der Waals surface area contributed by atoms with Gasteiger partial charge >= 0.3 is 0 Å². The lowest BCUT2D eigenvalue weighted by atomic mass is 9.93. The molecule has 0 aliphatic rings. The van der Waals surface area contributed by atoms with Gasteiger partial charge in [-0.3, -0.25) is 9.10 Å². The zero-order valence-electron chi connectivity index (χ0n) is 18.1. The summed E-state index contributed by atoms with van der Waals surface area (Å²) in [5, 5.41) is 3.01. The van der Waals surface area contributed by atoms with Gasteiger partial charge in [-0.1, -0.05) is 19.9 Å². The van der Waals surface area contributed by atoms with Crippen LogP contribution in [0.15, 0.2) is 36.4 Å². The summed E-state index contributed by atoms with van der Waals surface area (Å²) in [6.07, 6.45) is 1.13. The summed E-state index contributed by atoms with van der Waals surface area (Å²) in [5.74, 6) is 0.870. The number of benzene rings is 2. The number of nitrogens with one attached hydrogen (secondary N) is 1. The maximum Gasteiger partial charge on any atom is 0.251 e. The lowest BCUT2D eigenvalue weighted by Gasteiger charge is -2.21. The Hall–Kier alpha value is -2.54. The first-order chi connectivity index (χ1) is 13.5. The van der Waals surface area contributed by atoms with E-state index in [9.17, 15) is 13.2 Å². The number of ether oxygens (including phenoxy) is 1. The number of hydrogen-bond donors (Lipinski definition) is 1. The average Bonchev–Trinajstić information content (AvgIpc) is 2.65. The van der Waals surface area contributed by atoms with E-state index in [4.69, 9.17) is 4.74 Å². The van der Waals surface area contributed by atoms with Crippen LogP contribution in [0, 0.1) is 6.92 Å². The monoisotopic (exact) mass is 418 g/mol. The van der Waals surface area contributed by atoms with E-state index in [2.05, 4.69) is 25.2 Å². The fourth-order valence-corrected chi connectivity index (χ4v) is 3.70. The molecule has 1 amide bonds. The van der Waals surface area contributed by atoms with Crippen LogP contribution in [0.4, 0.5) is 5.69 Å². The number of hydrogen-bond acceptors (Lipinski definition) is 4. The highest BCUT2D eigenvalue weighted by Gasteiger charge is 2.19. The summed E-state index contributed by atoms with van der Waals surface area (Å²) in [6.45, 7) is 8.13. The predicted octanol–water partition coefficient (Wildman–Crippen LogP) is 4.01. The van der Waals surface area contributed by atoms with E-state index in [0.717, 1.165) is 33.0 Å². The Labute approximate surface area is 173 Å². The summed E-state index contributed by atoms with van der Waals surface area (Å²) < 4.78 is 30.2. The van der Waals surface area contributed by atoms with Crippen molar-refractivity contribution in [2.75, 3.05) is 24.7 Å². The highest BCUT2D eigenvalue weighted by molar-refractivity contribution is 7.92. The molecule has 0 aliphatic heterocycles. The van der Waals surface area contributed by atoms with Crippen LogP contribution in [0.1, 0.15) is 59.8 Å². The van der Waals surface area contributed by atoms with E-state index in [1.54, 1.807) is 31.4 Å². The van der Waals surface area contributed by atoms with Crippen molar-refractivity contribution in [3.63, 3.8) is 0 Å². The van der Waals surface area contributed by atoms with Gasteiger partial charge in [-0.25, -0.2) is 8.42 Å². The molecule has 0 spiro atoms. The van der Waals surface area contributed by atoms with Gasteiger partial charge in [-0.2, -0.15) is 0 Å². The van der Waals surface area contributed by atoms with Crippen molar-refractivity contribution in [2.45, 2.75) is 39.7 Å². The van der Waals surface area contributed by atoms with Gasteiger partial charge < -0.3 is 10.1 Å². The van der Waals surface area contributed by atoms with Crippen LogP contribution in [-0.2, 0) is 10.0 Å². The second kappa shape index (κ2) is 8.86. The summed E-state index contributed by atoms with van der Waals surface area (Å²) in [5.41, 5.74) is 3.98. The van der Waals surface area contributed by atoms with E-state index in [-0.39, 0.29) is 17.9 Å². The van der Waals surface area contributed by atoms with Gasteiger partial charge in [0.05, 0.1) is 25.1 Å². The van der Waals surface area contributed by atoms with Crippen LogP contribution in [0.25, 0.3) is 0 Å². The van der Waals surface area contributed by atoms with Crippen LogP contribution in [0.2, 0.25) is 0 Å². The molecule has 1 N–H and O–H groups in total. The largest absolute Gasteiger partial charge is 0.496 e. The van der Waals surface area contributed by atoms with Gasteiger partial charge in [0.25, 0.3) is 5.91 Å². The Bertz CT molecular complexity index is 1000.